The molecule has 0 bridgehead atoms. The van der Waals surface area contributed by atoms with E-state index in [-0.39, 0.29) is 34.5 Å². The summed E-state index contributed by atoms with van der Waals surface area (Å²) in [6.07, 6.45) is 2.37. The fraction of sp³-hybridized carbons (Fsp3) is 0.542. The lowest BCUT2D eigenvalue weighted by atomic mass is 9.97. The van der Waals surface area contributed by atoms with Gasteiger partial charge in [0.05, 0.1) is 5.92 Å². The second kappa shape index (κ2) is 12.1. The molecule has 2 aliphatic rings. The summed E-state index contributed by atoms with van der Waals surface area (Å²) in [6, 6.07) is 5.07. The zero-order valence-electron chi connectivity index (χ0n) is 20.6. The van der Waals surface area contributed by atoms with E-state index < -0.39 is 5.91 Å². The standard InChI is InChI=1S/C24H32N6O5S/c1-3-29(4-2)11-6-10-25-20(31)16-7-5-12-30(14-16)24(33)23-28-27-22(36-23)21(32)26-17-8-9-18-19(13-17)35-15-34-18/h8-9,13,16H,3-7,10-12,14-15H2,1-2H3,(H,25,31)(H,26,32). The van der Waals surface area contributed by atoms with Crippen LogP contribution in [0.5, 0.6) is 11.5 Å². The van der Waals surface area contributed by atoms with Crippen molar-refractivity contribution in [2.24, 2.45) is 5.92 Å². The number of anilines is 1. The number of hydrogen-bond donors (Lipinski definition) is 2. The number of ether oxygens (including phenoxy) is 2. The summed E-state index contributed by atoms with van der Waals surface area (Å²) in [5, 5.41) is 13.8. The number of piperidine rings is 1. The van der Waals surface area contributed by atoms with Crippen LogP contribution < -0.4 is 20.1 Å². The maximum atomic E-state index is 13.0. The number of amides is 3. The van der Waals surface area contributed by atoms with Crippen LogP contribution in [0.15, 0.2) is 18.2 Å². The Labute approximate surface area is 214 Å². The number of aromatic nitrogens is 2. The van der Waals surface area contributed by atoms with Crippen molar-refractivity contribution in [1.82, 2.24) is 25.3 Å². The predicted octanol–water partition coefficient (Wildman–Crippen LogP) is 2.22. The van der Waals surface area contributed by atoms with Crippen molar-refractivity contribution in [3.63, 3.8) is 0 Å². The monoisotopic (exact) mass is 516 g/mol. The van der Waals surface area contributed by atoms with Crippen molar-refractivity contribution >= 4 is 34.7 Å². The van der Waals surface area contributed by atoms with Crippen molar-refractivity contribution < 1.29 is 23.9 Å². The number of fused-ring (bicyclic) bond motifs is 1. The van der Waals surface area contributed by atoms with Gasteiger partial charge in [0, 0.05) is 31.4 Å². The summed E-state index contributed by atoms with van der Waals surface area (Å²) in [7, 11) is 0. The Kier molecular flexibility index (Phi) is 8.70. The molecule has 2 aliphatic heterocycles. The maximum Gasteiger partial charge on any atom is 0.286 e. The molecule has 11 nitrogen and oxygen atoms in total. The maximum absolute atomic E-state index is 13.0. The van der Waals surface area contributed by atoms with Crippen molar-refractivity contribution in [3.8, 4) is 11.5 Å². The Hall–Kier alpha value is -3.25. The number of likely N-dealkylation sites (tertiary alicyclic amines) is 1. The van der Waals surface area contributed by atoms with Crippen molar-refractivity contribution in [1.29, 1.82) is 0 Å². The highest BCUT2D eigenvalue weighted by molar-refractivity contribution is 7.15. The van der Waals surface area contributed by atoms with Gasteiger partial charge in [-0.05, 0) is 51.0 Å². The van der Waals surface area contributed by atoms with Gasteiger partial charge in [0.15, 0.2) is 11.5 Å². The second-order valence-electron chi connectivity index (χ2n) is 8.70. The minimum Gasteiger partial charge on any atom is -0.454 e. The first-order valence-electron chi connectivity index (χ1n) is 12.3. The average molecular weight is 517 g/mol. The number of carbonyl (C=O) groups is 3. The Morgan fingerprint density at radius 3 is 2.72 bits per heavy atom. The predicted molar refractivity (Wildman–Crippen MR) is 134 cm³/mol. The summed E-state index contributed by atoms with van der Waals surface area (Å²) in [5.74, 6) is 0.115. The minimum atomic E-state index is -0.467. The molecule has 1 aromatic carbocycles. The molecule has 1 unspecified atom stereocenters. The van der Waals surface area contributed by atoms with Crippen LogP contribution in [0, 0.1) is 5.92 Å². The molecule has 1 aromatic heterocycles. The zero-order chi connectivity index (χ0) is 25.5. The molecule has 0 spiro atoms. The number of carbonyl (C=O) groups excluding carboxylic acids is 3. The van der Waals surface area contributed by atoms with Crippen LogP contribution >= 0.6 is 11.3 Å². The summed E-state index contributed by atoms with van der Waals surface area (Å²) >= 11 is 0.934. The van der Waals surface area contributed by atoms with Crippen molar-refractivity contribution in [2.75, 3.05) is 51.4 Å². The van der Waals surface area contributed by atoms with Gasteiger partial charge in [-0.2, -0.15) is 0 Å². The van der Waals surface area contributed by atoms with Crippen LogP contribution in [0.3, 0.4) is 0 Å². The quantitative estimate of drug-likeness (QED) is 0.461. The van der Waals surface area contributed by atoms with Gasteiger partial charge >= 0.3 is 0 Å². The number of rotatable bonds is 10. The molecule has 1 fully saturated rings. The van der Waals surface area contributed by atoms with Gasteiger partial charge in [0.1, 0.15) is 0 Å². The Morgan fingerprint density at radius 1 is 1.14 bits per heavy atom. The average Bonchev–Trinajstić information content (AvgIpc) is 3.58. The molecule has 12 heteroatoms. The zero-order valence-corrected chi connectivity index (χ0v) is 21.4. The van der Waals surface area contributed by atoms with E-state index >= 15 is 0 Å². The third-order valence-corrected chi connectivity index (χ3v) is 7.27. The van der Waals surface area contributed by atoms with E-state index in [1.54, 1.807) is 23.1 Å². The minimum absolute atomic E-state index is 0.0203. The van der Waals surface area contributed by atoms with Gasteiger partial charge < -0.3 is 29.9 Å². The third-order valence-electron chi connectivity index (χ3n) is 6.36. The fourth-order valence-electron chi connectivity index (χ4n) is 4.27. The molecule has 4 rings (SSSR count). The molecule has 194 valence electrons. The Balaban J connectivity index is 1.28. The number of hydrogen-bond acceptors (Lipinski definition) is 9. The normalized spacial score (nSPS) is 16.8. The molecule has 2 aromatic rings. The van der Waals surface area contributed by atoms with E-state index in [2.05, 4.69) is 39.6 Å². The first kappa shape index (κ1) is 25.8. The molecule has 0 radical (unpaired) electrons. The smallest absolute Gasteiger partial charge is 0.286 e. The summed E-state index contributed by atoms with van der Waals surface area (Å²) in [6.45, 7) is 8.84. The summed E-state index contributed by atoms with van der Waals surface area (Å²) < 4.78 is 10.6. The van der Waals surface area contributed by atoms with E-state index in [1.807, 2.05) is 0 Å². The first-order valence-corrected chi connectivity index (χ1v) is 13.1. The van der Waals surface area contributed by atoms with Crippen LogP contribution in [-0.4, -0.2) is 83.8 Å². The largest absolute Gasteiger partial charge is 0.454 e. The molecule has 3 amide bonds. The SMILES string of the molecule is CCN(CC)CCCNC(=O)C1CCCN(C(=O)c2nnc(C(=O)Nc3ccc4c(c3)OCO4)s2)C1. The lowest BCUT2D eigenvalue weighted by molar-refractivity contribution is -0.126. The van der Waals surface area contributed by atoms with Crippen LogP contribution in [0.4, 0.5) is 5.69 Å². The van der Waals surface area contributed by atoms with Crippen LogP contribution in [-0.2, 0) is 4.79 Å². The number of nitrogens with one attached hydrogen (secondary N) is 2. The van der Waals surface area contributed by atoms with E-state index in [0.29, 0.717) is 36.8 Å². The molecule has 0 aliphatic carbocycles. The third kappa shape index (κ3) is 6.30. The lowest BCUT2D eigenvalue weighted by Gasteiger charge is -2.31. The van der Waals surface area contributed by atoms with Crippen molar-refractivity contribution in [3.05, 3.63) is 28.2 Å². The second-order valence-corrected chi connectivity index (χ2v) is 9.67. The number of nitrogens with zero attached hydrogens (tertiary/aromatic N) is 4. The van der Waals surface area contributed by atoms with Crippen LogP contribution in [0.1, 0.15) is 52.7 Å². The molecule has 1 atom stereocenters. The highest BCUT2D eigenvalue weighted by Crippen LogP contribution is 2.34. The highest BCUT2D eigenvalue weighted by Gasteiger charge is 2.31. The lowest BCUT2D eigenvalue weighted by Crippen LogP contribution is -2.45. The molecule has 2 N–H and O–H groups in total. The fourth-order valence-corrected chi connectivity index (χ4v) is 4.98. The van der Waals surface area contributed by atoms with E-state index in [0.717, 1.165) is 50.2 Å². The van der Waals surface area contributed by atoms with Crippen LogP contribution in [0.25, 0.3) is 0 Å². The number of benzene rings is 1. The molecule has 3 heterocycles. The van der Waals surface area contributed by atoms with E-state index in [1.165, 1.54) is 0 Å². The molecular formula is C24H32N6O5S. The Morgan fingerprint density at radius 2 is 1.92 bits per heavy atom. The van der Waals surface area contributed by atoms with Gasteiger partial charge in [-0.3, -0.25) is 14.4 Å². The van der Waals surface area contributed by atoms with Gasteiger partial charge in [0.2, 0.25) is 22.7 Å². The molecular weight excluding hydrogens is 484 g/mol. The summed E-state index contributed by atoms with van der Waals surface area (Å²) in [4.78, 5) is 42.3. The molecule has 36 heavy (non-hydrogen) atoms. The first-order chi connectivity index (χ1) is 17.5. The van der Waals surface area contributed by atoms with Crippen molar-refractivity contribution in [2.45, 2.75) is 33.1 Å². The van der Waals surface area contributed by atoms with Crippen LogP contribution in [0.2, 0.25) is 0 Å². The molecule has 1 saturated heterocycles. The van der Waals surface area contributed by atoms with Gasteiger partial charge in [-0.1, -0.05) is 25.2 Å². The van der Waals surface area contributed by atoms with Gasteiger partial charge in [-0.25, -0.2) is 0 Å². The highest BCUT2D eigenvalue weighted by atomic mass is 32.1. The van der Waals surface area contributed by atoms with Gasteiger partial charge in [0.25, 0.3) is 11.8 Å². The van der Waals surface area contributed by atoms with E-state index in [4.69, 9.17) is 9.47 Å². The topological polar surface area (TPSA) is 126 Å². The Bertz CT molecular complexity index is 1090. The molecule has 0 saturated carbocycles. The van der Waals surface area contributed by atoms with Gasteiger partial charge in [-0.15, -0.1) is 10.2 Å². The summed E-state index contributed by atoms with van der Waals surface area (Å²) in [5.41, 5.74) is 0.523. The van der Waals surface area contributed by atoms with E-state index in [9.17, 15) is 14.4 Å².